The van der Waals surface area contributed by atoms with Gasteiger partial charge in [0.25, 0.3) is 0 Å². The first-order valence-corrected chi connectivity index (χ1v) is 2.72. The summed E-state index contributed by atoms with van der Waals surface area (Å²) in [5.41, 5.74) is 0.525. The second-order valence-corrected chi connectivity index (χ2v) is 1.78. The van der Waals surface area contributed by atoms with Gasteiger partial charge in [0.1, 0.15) is 0 Å². The Balaban J connectivity index is 0. The number of hydrogen-bond donors (Lipinski definition) is 2. The minimum absolute atomic E-state index is 0. The van der Waals surface area contributed by atoms with Crippen molar-refractivity contribution in [2.24, 2.45) is 0 Å². The maximum atomic E-state index is 8.58. The Morgan fingerprint density at radius 1 is 0.909 bits per heavy atom. The molecular weight excluding hydrogens is 570 g/mol. The maximum absolute atomic E-state index is 8.58. The number of hydrogen-bond acceptors (Lipinski definition) is 2. The number of aliphatic hydroxyl groups is 2. The molecule has 0 aliphatic heterocycles. The van der Waals surface area contributed by atoms with Gasteiger partial charge in [-0.1, -0.05) is 30.3 Å². The Morgan fingerprint density at radius 3 is 1.64 bits per heavy atom. The van der Waals surface area contributed by atoms with Crippen molar-refractivity contribution in [2.75, 3.05) is 0 Å². The second-order valence-electron chi connectivity index (χ2n) is 1.78. The van der Waals surface area contributed by atoms with E-state index in [1.54, 1.807) is 24.3 Å². The van der Waals surface area contributed by atoms with Crippen LogP contribution in [0, 0.1) is 88.1 Å². The van der Waals surface area contributed by atoms with Crippen molar-refractivity contribution in [1.29, 1.82) is 0 Å². The molecule has 2 nitrogen and oxygen atoms in total. The van der Waals surface area contributed by atoms with Crippen molar-refractivity contribution in [2.45, 2.75) is 6.29 Å². The molecule has 0 aliphatic rings. The van der Waals surface area contributed by atoms with Crippen molar-refractivity contribution >= 4 is 0 Å². The molecule has 0 aromatic heterocycles. The van der Waals surface area contributed by atoms with Crippen LogP contribution in [0.3, 0.4) is 0 Å². The molecule has 1 rings (SSSR count). The largest absolute Gasteiger partial charge is 0.364 e. The Kier molecular flexibility index (Phi) is 12.1. The predicted molar refractivity (Wildman–Crippen MR) is 33.6 cm³/mol. The van der Waals surface area contributed by atoms with Crippen LogP contribution in [0.1, 0.15) is 11.9 Å². The van der Waals surface area contributed by atoms with E-state index in [-0.39, 0.29) is 88.1 Å². The van der Waals surface area contributed by atoms with E-state index < -0.39 is 6.29 Å². The summed E-state index contributed by atoms with van der Waals surface area (Å²) in [6.45, 7) is 0. The van der Waals surface area contributed by atoms with E-state index in [0.717, 1.165) is 0 Å². The second kappa shape index (κ2) is 8.61. The van der Waals surface area contributed by atoms with Gasteiger partial charge in [-0.05, 0) is 0 Å². The van der Waals surface area contributed by atoms with Crippen molar-refractivity contribution < 1.29 is 98.3 Å². The summed E-state index contributed by atoms with van der Waals surface area (Å²) in [5, 5.41) is 17.2. The third-order valence-electron chi connectivity index (χ3n) is 1.10. The van der Waals surface area contributed by atoms with E-state index in [1.807, 2.05) is 6.07 Å². The van der Waals surface area contributed by atoms with Gasteiger partial charge in [-0.2, -0.15) is 0 Å². The zero-order chi connectivity index (χ0) is 6.69. The molecule has 0 spiro atoms. The Labute approximate surface area is 137 Å². The van der Waals surface area contributed by atoms with Crippen molar-refractivity contribution in [3.63, 3.8) is 0 Å². The van der Waals surface area contributed by atoms with Gasteiger partial charge >= 0.3 is 0 Å². The molecule has 0 fully saturated rings. The first-order chi connectivity index (χ1) is 4.30. The van der Waals surface area contributed by atoms with Crippen LogP contribution in [-0.4, -0.2) is 10.2 Å². The van der Waals surface area contributed by atoms with Gasteiger partial charge < -0.3 is 10.2 Å². The fraction of sp³-hybridized carbons (Fsp3) is 0.143. The number of rotatable bonds is 1. The van der Waals surface area contributed by atoms with Crippen molar-refractivity contribution in [3.8, 4) is 0 Å². The molecule has 1 aromatic rings. The van der Waals surface area contributed by atoms with E-state index in [2.05, 4.69) is 0 Å². The first-order valence-electron chi connectivity index (χ1n) is 2.72. The fourth-order valence-electron chi connectivity index (χ4n) is 0.625. The van der Waals surface area contributed by atoms with Gasteiger partial charge in [0.2, 0.25) is 0 Å². The molecule has 0 saturated heterocycles. The smallest absolute Gasteiger partial charge is 0.178 e. The third kappa shape index (κ3) is 6.14. The molecule has 0 heterocycles. The summed E-state index contributed by atoms with van der Waals surface area (Å²) < 4.78 is 0. The van der Waals surface area contributed by atoms with E-state index in [4.69, 9.17) is 10.2 Å². The molecule has 11 heavy (non-hydrogen) atoms. The molecule has 0 atom stereocenters. The van der Waals surface area contributed by atoms with Gasteiger partial charge in [-0.25, -0.2) is 0 Å². The normalized spacial score (nSPS) is 8.27. The molecule has 0 unspecified atom stereocenters. The van der Waals surface area contributed by atoms with Gasteiger partial charge in [0, 0.05) is 93.7 Å². The van der Waals surface area contributed by atoms with Crippen LogP contribution in [0.5, 0.6) is 0 Å². The first kappa shape index (κ1) is 15.5. The van der Waals surface area contributed by atoms with Crippen molar-refractivity contribution in [3.05, 3.63) is 35.9 Å². The van der Waals surface area contributed by atoms with Crippen molar-refractivity contribution in [1.82, 2.24) is 0 Å². The maximum Gasteiger partial charge on any atom is 0.178 e. The molecule has 4 heteroatoms. The number of benzene rings is 1. The molecule has 0 aliphatic carbocycles. The van der Waals surface area contributed by atoms with Gasteiger partial charge in [0.05, 0.1) is 0 Å². The summed E-state index contributed by atoms with van der Waals surface area (Å²) in [7, 11) is 0. The van der Waals surface area contributed by atoms with Crippen LogP contribution in [0.4, 0.5) is 0 Å². The molecule has 2 radical (unpaired) electrons. The molecule has 0 amide bonds. The monoisotopic (exact) mass is 578 g/mol. The van der Waals surface area contributed by atoms with Crippen LogP contribution in [0.15, 0.2) is 30.3 Å². The van der Waals surface area contributed by atoms with E-state index in [1.165, 1.54) is 0 Å². The standard InChI is InChI=1S/C7H8O2.2Ac/c8-7(9)6-4-2-1-3-5-6;;/h1-5,7-9H;;. The molecule has 0 bridgehead atoms. The molecular formula is C7H8Ac2O2. The molecule has 2 N–H and O–H groups in total. The van der Waals surface area contributed by atoms with E-state index in [9.17, 15) is 0 Å². The van der Waals surface area contributed by atoms with Crippen LogP contribution in [-0.2, 0) is 0 Å². The Hall–Kier alpha value is 2.02. The fourth-order valence-corrected chi connectivity index (χ4v) is 0.625. The summed E-state index contributed by atoms with van der Waals surface area (Å²) in [6, 6.07) is 8.66. The van der Waals surface area contributed by atoms with E-state index >= 15 is 0 Å². The average molecular weight is 578 g/mol. The van der Waals surface area contributed by atoms with Crippen LogP contribution in [0.2, 0.25) is 0 Å². The van der Waals surface area contributed by atoms with E-state index in [0.29, 0.717) is 5.56 Å². The predicted octanol–water partition coefficient (Wildman–Crippen LogP) is 0.670. The van der Waals surface area contributed by atoms with Crippen LogP contribution in [0.25, 0.3) is 0 Å². The summed E-state index contributed by atoms with van der Waals surface area (Å²) in [5.74, 6) is 0. The zero-order valence-electron chi connectivity index (χ0n) is 6.01. The van der Waals surface area contributed by atoms with Gasteiger partial charge in [-0.3, -0.25) is 0 Å². The van der Waals surface area contributed by atoms with Crippen LogP contribution < -0.4 is 0 Å². The minimum Gasteiger partial charge on any atom is -0.364 e. The topological polar surface area (TPSA) is 40.5 Å². The Bertz CT molecular complexity index is 177. The summed E-state index contributed by atoms with van der Waals surface area (Å²) in [4.78, 5) is 0. The quantitative estimate of drug-likeness (QED) is 0.482. The number of aliphatic hydroxyl groups excluding tert-OH is 1. The van der Waals surface area contributed by atoms with Crippen LogP contribution >= 0.6 is 0 Å². The third-order valence-corrected chi connectivity index (χ3v) is 1.10. The summed E-state index contributed by atoms with van der Waals surface area (Å²) in [6.07, 6.45) is -1.34. The summed E-state index contributed by atoms with van der Waals surface area (Å²) >= 11 is 0. The zero-order valence-corrected chi connectivity index (χ0v) is 15.5. The SMILES string of the molecule is OC(O)c1ccccc1.[Ac].[Ac]. The Morgan fingerprint density at radius 2 is 1.36 bits per heavy atom. The van der Waals surface area contributed by atoms with Gasteiger partial charge in [0.15, 0.2) is 6.29 Å². The molecule has 1 aromatic carbocycles. The molecule has 54 valence electrons. The average Bonchev–Trinajstić information content (AvgIpc) is 1.90. The molecule has 0 saturated carbocycles. The van der Waals surface area contributed by atoms with Gasteiger partial charge in [-0.15, -0.1) is 0 Å². The minimum atomic E-state index is -1.34.